The number of para-hydroxylation sites is 2. The molecule has 8 heteroatoms. The zero-order valence-electron chi connectivity index (χ0n) is 19.3. The first-order valence-electron chi connectivity index (χ1n) is 10.7. The third kappa shape index (κ3) is 6.59. The highest BCUT2D eigenvalue weighted by Crippen LogP contribution is 2.29. The normalized spacial score (nSPS) is 10.6. The molecule has 0 saturated carbocycles. The van der Waals surface area contributed by atoms with Crippen LogP contribution in [0.3, 0.4) is 0 Å². The molecule has 0 radical (unpaired) electrons. The minimum atomic E-state index is -0.912. The van der Waals surface area contributed by atoms with Gasteiger partial charge in [-0.25, -0.2) is 5.43 Å². The van der Waals surface area contributed by atoms with Crippen molar-refractivity contribution in [2.45, 2.75) is 20.5 Å². The number of aryl methyl sites for hydroxylation is 1. The molecule has 34 heavy (non-hydrogen) atoms. The molecule has 0 unspecified atom stereocenters. The number of ether oxygens (including phenoxy) is 3. The predicted octanol–water partition coefficient (Wildman–Crippen LogP) is 4.07. The van der Waals surface area contributed by atoms with Crippen LogP contribution < -0.4 is 25.0 Å². The summed E-state index contributed by atoms with van der Waals surface area (Å²) in [5.74, 6) is -0.176. The summed E-state index contributed by atoms with van der Waals surface area (Å²) in [7, 11) is 1.48. The highest BCUT2D eigenvalue weighted by atomic mass is 16.5. The SMILES string of the molecule is CCOc1cc(/C=N/NC(=O)C(=O)Nc2ccccc2OC)ccc1OCc1ccccc1C. The number of nitrogens with one attached hydrogen (secondary N) is 2. The van der Waals surface area contributed by atoms with Crippen LogP contribution in [0.5, 0.6) is 17.2 Å². The summed E-state index contributed by atoms with van der Waals surface area (Å²) in [4.78, 5) is 24.2. The lowest BCUT2D eigenvalue weighted by atomic mass is 10.1. The summed E-state index contributed by atoms with van der Waals surface area (Å²) in [6.07, 6.45) is 1.42. The Labute approximate surface area is 198 Å². The van der Waals surface area contributed by atoms with E-state index in [9.17, 15) is 9.59 Å². The zero-order chi connectivity index (χ0) is 24.3. The van der Waals surface area contributed by atoms with Gasteiger partial charge < -0.3 is 19.5 Å². The van der Waals surface area contributed by atoms with Gasteiger partial charge in [0.25, 0.3) is 0 Å². The number of amides is 2. The summed E-state index contributed by atoms with van der Waals surface area (Å²) >= 11 is 0. The smallest absolute Gasteiger partial charge is 0.329 e. The van der Waals surface area contributed by atoms with Crippen LogP contribution in [0.25, 0.3) is 0 Å². The molecule has 0 atom stereocenters. The van der Waals surface area contributed by atoms with Crippen molar-refractivity contribution in [2.75, 3.05) is 19.0 Å². The second kappa shape index (κ2) is 12.1. The van der Waals surface area contributed by atoms with Gasteiger partial charge in [0, 0.05) is 0 Å². The van der Waals surface area contributed by atoms with E-state index in [0.717, 1.165) is 11.1 Å². The number of hydrazone groups is 1. The molecule has 176 valence electrons. The monoisotopic (exact) mass is 461 g/mol. The molecular weight excluding hydrogens is 434 g/mol. The van der Waals surface area contributed by atoms with Gasteiger partial charge in [-0.2, -0.15) is 5.10 Å². The van der Waals surface area contributed by atoms with Crippen LogP contribution in [0.1, 0.15) is 23.6 Å². The maximum absolute atomic E-state index is 12.1. The van der Waals surface area contributed by atoms with Crippen LogP contribution in [-0.2, 0) is 16.2 Å². The van der Waals surface area contributed by atoms with Crippen molar-refractivity contribution >= 4 is 23.7 Å². The summed E-state index contributed by atoms with van der Waals surface area (Å²) in [5.41, 5.74) is 5.50. The highest BCUT2D eigenvalue weighted by Gasteiger charge is 2.15. The lowest BCUT2D eigenvalue weighted by Crippen LogP contribution is -2.32. The van der Waals surface area contributed by atoms with E-state index in [1.807, 2.05) is 38.1 Å². The lowest BCUT2D eigenvalue weighted by molar-refractivity contribution is -0.136. The van der Waals surface area contributed by atoms with Gasteiger partial charge in [0.2, 0.25) is 0 Å². The van der Waals surface area contributed by atoms with Crippen LogP contribution in [-0.4, -0.2) is 31.7 Å². The quantitative estimate of drug-likeness (QED) is 0.284. The number of nitrogens with zero attached hydrogens (tertiary/aromatic N) is 1. The minimum absolute atomic E-state index is 0.386. The van der Waals surface area contributed by atoms with Crippen molar-refractivity contribution in [3.8, 4) is 17.2 Å². The number of carbonyl (C=O) groups excluding carboxylic acids is 2. The van der Waals surface area contributed by atoms with Crippen molar-refractivity contribution < 1.29 is 23.8 Å². The molecule has 0 aliphatic heterocycles. The lowest BCUT2D eigenvalue weighted by Gasteiger charge is -2.13. The molecule has 2 N–H and O–H groups in total. The van der Waals surface area contributed by atoms with Crippen molar-refractivity contribution in [2.24, 2.45) is 5.10 Å². The van der Waals surface area contributed by atoms with Gasteiger partial charge >= 0.3 is 11.8 Å². The molecule has 0 bridgehead atoms. The second-order valence-electron chi connectivity index (χ2n) is 7.21. The van der Waals surface area contributed by atoms with E-state index in [4.69, 9.17) is 14.2 Å². The first-order chi connectivity index (χ1) is 16.5. The van der Waals surface area contributed by atoms with Crippen LogP contribution in [0.4, 0.5) is 5.69 Å². The number of carbonyl (C=O) groups is 2. The molecule has 3 aromatic rings. The molecule has 0 aromatic heterocycles. The Morgan fingerprint density at radius 2 is 1.68 bits per heavy atom. The molecular formula is C26H27N3O5. The zero-order valence-corrected chi connectivity index (χ0v) is 19.3. The first-order valence-corrected chi connectivity index (χ1v) is 10.7. The van der Waals surface area contributed by atoms with Gasteiger partial charge in [0.1, 0.15) is 12.4 Å². The van der Waals surface area contributed by atoms with E-state index in [1.54, 1.807) is 42.5 Å². The summed E-state index contributed by atoms with van der Waals surface area (Å²) in [5, 5.41) is 6.36. The molecule has 3 aromatic carbocycles. The van der Waals surface area contributed by atoms with Crippen molar-refractivity contribution in [3.05, 3.63) is 83.4 Å². The van der Waals surface area contributed by atoms with Crippen LogP contribution >= 0.6 is 0 Å². The molecule has 0 spiro atoms. The number of methoxy groups -OCH3 is 1. The molecule has 0 heterocycles. The van der Waals surface area contributed by atoms with Gasteiger partial charge in [0.15, 0.2) is 11.5 Å². The number of anilines is 1. The molecule has 8 nitrogen and oxygen atoms in total. The van der Waals surface area contributed by atoms with Crippen LogP contribution in [0.15, 0.2) is 71.8 Å². The van der Waals surface area contributed by atoms with E-state index in [1.165, 1.54) is 13.3 Å². The first kappa shape index (κ1) is 24.3. The van der Waals surface area contributed by atoms with Crippen molar-refractivity contribution in [3.63, 3.8) is 0 Å². The van der Waals surface area contributed by atoms with Gasteiger partial charge in [-0.15, -0.1) is 0 Å². The molecule has 3 rings (SSSR count). The largest absolute Gasteiger partial charge is 0.495 e. The average Bonchev–Trinajstić information content (AvgIpc) is 2.85. The van der Waals surface area contributed by atoms with E-state index < -0.39 is 11.8 Å². The Morgan fingerprint density at radius 3 is 2.44 bits per heavy atom. The van der Waals surface area contributed by atoms with Crippen molar-refractivity contribution in [1.82, 2.24) is 5.43 Å². The Balaban J connectivity index is 1.61. The molecule has 0 aliphatic carbocycles. The third-order valence-corrected chi connectivity index (χ3v) is 4.85. The minimum Gasteiger partial charge on any atom is -0.495 e. The Bertz CT molecular complexity index is 1180. The predicted molar refractivity (Wildman–Crippen MR) is 130 cm³/mol. The fourth-order valence-corrected chi connectivity index (χ4v) is 3.06. The van der Waals surface area contributed by atoms with Gasteiger partial charge in [-0.05, 0) is 60.9 Å². The maximum Gasteiger partial charge on any atom is 0.329 e. The average molecular weight is 462 g/mol. The van der Waals surface area contributed by atoms with Crippen LogP contribution in [0.2, 0.25) is 0 Å². The Kier molecular flexibility index (Phi) is 8.62. The van der Waals surface area contributed by atoms with Crippen LogP contribution in [0, 0.1) is 6.92 Å². The number of benzene rings is 3. The summed E-state index contributed by atoms with van der Waals surface area (Å²) in [6, 6.07) is 20.1. The topological polar surface area (TPSA) is 98.2 Å². The summed E-state index contributed by atoms with van der Waals surface area (Å²) < 4.78 is 16.8. The Hall–Kier alpha value is -4.33. The summed E-state index contributed by atoms with van der Waals surface area (Å²) in [6.45, 7) is 4.79. The fraction of sp³-hybridized carbons (Fsp3) is 0.192. The second-order valence-corrected chi connectivity index (χ2v) is 7.21. The van der Waals surface area contributed by atoms with Gasteiger partial charge in [0.05, 0.1) is 25.6 Å². The van der Waals surface area contributed by atoms with E-state index >= 15 is 0 Å². The number of hydrogen-bond acceptors (Lipinski definition) is 6. The van der Waals surface area contributed by atoms with E-state index in [2.05, 4.69) is 15.8 Å². The van der Waals surface area contributed by atoms with Crippen molar-refractivity contribution in [1.29, 1.82) is 0 Å². The highest BCUT2D eigenvalue weighted by molar-refractivity contribution is 6.39. The van der Waals surface area contributed by atoms with Gasteiger partial charge in [-0.1, -0.05) is 36.4 Å². The standard InChI is InChI=1S/C26H27N3O5/c1-4-33-24-15-19(13-14-23(24)34-17-20-10-6-5-9-18(20)2)16-27-29-26(31)25(30)28-21-11-7-8-12-22(21)32-3/h5-16H,4,17H2,1-3H3,(H,28,30)(H,29,31)/b27-16+. The van der Waals surface area contributed by atoms with E-state index in [-0.39, 0.29) is 0 Å². The van der Waals surface area contributed by atoms with Gasteiger partial charge in [-0.3, -0.25) is 9.59 Å². The maximum atomic E-state index is 12.1. The number of hydrogen-bond donors (Lipinski definition) is 2. The molecule has 2 amide bonds. The molecule has 0 saturated heterocycles. The molecule has 0 aliphatic rings. The third-order valence-electron chi connectivity index (χ3n) is 4.85. The number of rotatable bonds is 9. The Morgan fingerprint density at radius 1 is 0.912 bits per heavy atom. The molecule has 0 fully saturated rings. The van der Waals surface area contributed by atoms with E-state index in [0.29, 0.717) is 41.7 Å². The fourth-order valence-electron chi connectivity index (χ4n) is 3.06.